The minimum absolute atomic E-state index is 0.183. The van der Waals surface area contributed by atoms with Gasteiger partial charge < -0.3 is 9.73 Å². The highest BCUT2D eigenvalue weighted by molar-refractivity contribution is 5.17. The predicted octanol–water partition coefficient (Wildman–Crippen LogP) is 0.982. The van der Waals surface area contributed by atoms with Crippen molar-refractivity contribution < 1.29 is 9.34 Å². The van der Waals surface area contributed by atoms with Crippen LogP contribution in [0.25, 0.3) is 0 Å². The van der Waals surface area contributed by atoms with Gasteiger partial charge in [-0.05, 0) is 12.6 Å². The van der Waals surface area contributed by atoms with Crippen LogP contribution in [-0.2, 0) is 6.54 Å². The summed E-state index contributed by atoms with van der Waals surface area (Å²) in [6.07, 6.45) is 0. The SMILES string of the molecule is CCN(Cc1ccc([N+](=O)[O-])o1)C1CNC1. The Labute approximate surface area is 93.4 Å². The lowest BCUT2D eigenvalue weighted by Crippen LogP contribution is -2.56. The molecule has 0 saturated carbocycles. The second-order valence-electron chi connectivity index (χ2n) is 3.87. The highest BCUT2D eigenvalue weighted by Gasteiger charge is 2.24. The summed E-state index contributed by atoms with van der Waals surface area (Å²) in [5, 5.41) is 13.7. The number of furan rings is 1. The molecule has 1 aliphatic rings. The molecule has 0 aliphatic carbocycles. The quantitative estimate of drug-likeness (QED) is 0.597. The van der Waals surface area contributed by atoms with Gasteiger partial charge in [-0.15, -0.1) is 0 Å². The Balaban J connectivity index is 1.98. The minimum atomic E-state index is -0.509. The average Bonchev–Trinajstić information content (AvgIpc) is 2.62. The highest BCUT2D eigenvalue weighted by Crippen LogP contribution is 2.18. The molecule has 0 atom stereocenters. The maximum absolute atomic E-state index is 10.5. The van der Waals surface area contributed by atoms with Crippen LogP contribution in [0.1, 0.15) is 12.7 Å². The van der Waals surface area contributed by atoms with Crippen LogP contribution in [0, 0.1) is 10.1 Å². The van der Waals surface area contributed by atoms with Crippen molar-refractivity contribution in [1.82, 2.24) is 10.2 Å². The van der Waals surface area contributed by atoms with E-state index in [4.69, 9.17) is 4.42 Å². The first-order chi connectivity index (χ1) is 7.70. The number of nitrogens with zero attached hydrogens (tertiary/aromatic N) is 2. The van der Waals surface area contributed by atoms with E-state index in [1.807, 2.05) is 0 Å². The highest BCUT2D eigenvalue weighted by atomic mass is 16.6. The zero-order valence-corrected chi connectivity index (χ0v) is 9.18. The number of nitro groups is 1. The van der Waals surface area contributed by atoms with Gasteiger partial charge in [-0.25, -0.2) is 0 Å². The Bertz CT molecular complexity index is 373. The molecule has 0 amide bonds. The molecule has 0 aromatic carbocycles. The molecular weight excluding hydrogens is 210 g/mol. The third-order valence-electron chi connectivity index (χ3n) is 2.87. The van der Waals surface area contributed by atoms with E-state index in [9.17, 15) is 10.1 Å². The van der Waals surface area contributed by atoms with Crippen LogP contribution in [0.5, 0.6) is 0 Å². The number of likely N-dealkylation sites (N-methyl/N-ethyl adjacent to an activating group) is 1. The fraction of sp³-hybridized carbons (Fsp3) is 0.600. The summed E-state index contributed by atoms with van der Waals surface area (Å²) in [6, 6.07) is 3.60. The van der Waals surface area contributed by atoms with Gasteiger partial charge in [0.25, 0.3) is 0 Å². The zero-order chi connectivity index (χ0) is 11.5. The number of hydrogen-bond acceptors (Lipinski definition) is 5. The minimum Gasteiger partial charge on any atom is -0.404 e. The first-order valence-electron chi connectivity index (χ1n) is 5.38. The van der Waals surface area contributed by atoms with Gasteiger partial charge in [-0.2, -0.15) is 0 Å². The molecule has 0 unspecified atom stereocenters. The Morgan fingerprint density at radius 3 is 2.81 bits per heavy atom. The van der Waals surface area contributed by atoms with Crippen LogP contribution in [0.3, 0.4) is 0 Å². The van der Waals surface area contributed by atoms with Gasteiger partial charge in [0.1, 0.15) is 10.7 Å². The normalized spacial score (nSPS) is 16.4. The van der Waals surface area contributed by atoms with E-state index < -0.39 is 4.92 Å². The maximum Gasteiger partial charge on any atom is 0.433 e. The Kier molecular flexibility index (Phi) is 3.21. The van der Waals surface area contributed by atoms with Gasteiger partial charge >= 0.3 is 5.88 Å². The lowest BCUT2D eigenvalue weighted by molar-refractivity contribution is -0.402. The second-order valence-corrected chi connectivity index (χ2v) is 3.87. The summed E-state index contributed by atoms with van der Waals surface area (Å²) >= 11 is 0. The monoisotopic (exact) mass is 225 g/mol. The molecule has 16 heavy (non-hydrogen) atoms. The average molecular weight is 225 g/mol. The molecule has 6 heteroatoms. The van der Waals surface area contributed by atoms with E-state index in [0.29, 0.717) is 18.3 Å². The summed E-state index contributed by atoms with van der Waals surface area (Å²) in [4.78, 5) is 12.2. The van der Waals surface area contributed by atoms with Crippen molar-refractivity contribution in [3.63, 3.8) is 0 Å². The Hall–Kier alpha value is -1.40. The van der Waals surface area contributed by atoms with Gasteiger partial charge in [0.2, 0.25) is 0 Å². The van der Waals surface area contributed by atoms with Crippen molar-refractivity contribution in [1.29, 1.82) is 0 Å². The third-order valence-corrected chi connectivity index (χ3v) is 2.87. The molecule has 1 fully saturated rings. The number of hydrogen-bond donors (Lipinski definition) is 1. The molecule has 1 N–H and O–H groups in total. The van der Waals surface area contributed by atoms with Crippen LogP contribution in [0.2, 0.25) is 0 Å². The van der Waals surface area contributed by atoms with Crippen LogP contribution >= 0.6 is 0 Å². The molecule has 0 radical (unpaired) electrons. The van der Waals surface area contributed by atoms with E-state index >= 15 is 0 Å². The largest absolute Gasteiger partial charge is 0.433 e. The van der Waals surface area contributed by atoms with Crippen LogP contribution in [0.4, 0.5) is 5.88 Å². The summed E-state index contributed by atoms with van der Waals surface area (Å²) in [5.74, 6) is 0.471. The van der Waals surface area contributed by atoms with Crippen LogP contribution < -0.4 is 5.32 Å². The van der Waals surface area contributed by atoms with Crippen molar-refractivity contribution >= 4 is 5.88 Å². The molecule has 0 bridgehead atoms. The first kappa shape index (κ1) is 11.1. The van der Waals surface area contributed by atoms with Crippen molar-refractivity contribution in [2.75, 3.05) is 19.6 Å². The second kappa shape index (κ2) is 4.63. The molecule has 0 spiro atoms. The molecule has 2 rings (SSSR count). The number of rotatable bonds is 5. The molecule has 88 valence electrons. The van der Waals surface area contributed by atoms with Crippen molar-refractivity contribution in [2.45, 2.75) is 19.5 Å². The van der Waals surface area contributed by atoms with E-state index in [1.165, 1.54) is 6.07 Å². The Morgan fingerprint density at radius 1 is 1.62 bits per heavy atom. The molecular formula is C10H15N3O3. The Morgan fingerprint density at radius 2 is 2.38 bits per heavy atom. The van der Waals surface area contributed by atoms with E-state index in [0.717, 1.165) is 19.6 Å². The maximum atomic E-state index is 10.5. The topological polar surface area (TPSA) is 71.5 Å². The molecule has 1 aliphatic heterocycles. The van der Waals surface area contributed by atoms with Crippen LogP contribution in [0.15, 0.2) is 16.5 Å². The van der Waals surface area contributed by atoms with Crippen molar-refractivity contribution in [3.8, 4) is 0 Å². The molecule has 1 aromatic heterocycles. The smallest absolute Gasteiger partial charge is 0.404 e. The zero-order valence-electron chi connectivity index (χ0n) is 9.18. The van der Waals surface area contributed by atoms with E-state index in [-0.39, 0.29) is 5.88 Å². The lowest BCUT2D eigenvalue weighted by atomic mass is 10.1. The lowest BCUT2D eigenvalue weighted by Gasteiger charge is -2.37. The van der Waals surface area contributed by atoms with Gasteiger partial charge in [-0.3, -0.25) is 15.0 Å². The molecule has 1 aromatic rings. The fourth-order valence-corrected chi connectivity index (χ4v) is 1.78. The molecule has 6 nitrogen and oxygen atoms in total. The number of nitrogens with one attached hydrogen (secondary N) is 1. The predicted molar refractivity (Wildman–Crippen MR) is 58.1 cm³/mol. The van der Waals surface area contributed by atoms with Crippen molar-refractivity contribution in [2.24, 2.45) is 0 Å². The molecule has 1 saturated heterocycles. The summed E-state index contributed by atoms with van der Waals surface area (Å²) in [7, 11) is 0. The van der Waals surface area contributed by atoms with Crippen molar-refractivity contribution in [3.05, 3.63) is 28.0 Å². The van der Waals surface area contributed by atoms with Gasteiger partial charge in [0, 0.05) is 19.1 Å². The summed E-state index contributed by atoms with van der Waals surface area (Å²) < 4.78 is 5.13. The van der Waals surface area contributed by atoms with E-state index in [1.54, 1.807) is 6.07 Å². The van der Waals surface area contributed by atoms with Crippen LogP contribution in [-0.4, -0.2) is 35.5 Å². The summed E-state index contributed by atoms with van der Waals surface area (Å²) in [6.45, 7) is 5.60. The standard InChI is InChI=1S/C10H15N3O3/c1-2-12(8-5-11-6-8)7-9-3-4-10(16-9)13(14)15/h3-4,8,11H,2,5-7H2,1H3. The van der Waals surface area contributed by atoms with Gasteiger partial charge in [-0.1, -0.05) is 6.92 Å². The first-order valence-corrected chi connectivity index (χ1v) is 5.38. The van der Waals surface area contributed by atoms with E-state index in [2.05, 4.69) is 17.1 Å². The van der Waals surface area contributed by atoms with Gasteiger partial charge in [0.15, 0.2) is 0 Å². The molecule has 2 heterocycles. The third kappa shape index (κ3) is 2.23. The van der Waals surface area contributed by atoms with Gasteiger partial charge in [0.05, 0.1) is 12.6 Å². The summed E-state index contributed by atoms with van der Waals surface area (Å²) in [5.41, 5.74) is 0. The fourth-order valence-electron chi connectivity index (χ4n) is 1.78.